The molecule has 2 aromatic rings. The second-order valence-corrected chi connectivity index (χ2v) is 12.3. The van der Waals surface area contributed by atoms with Crippen molar-refractivity contribution in [3.05, 3.63) is 60.7 Å². The molecule has 1 saturated carbocycles. The van der Waals surface area contributed by atoms with Crippen LogP contribution < -0.4 is 0 Å². The van der Waals surface area contributed by atoms with Gasteiger partial charge in [-0.05, 0) is 62.5 Å². The van der Waals surface area contributed by atoms with Gasteiger partial charge < -0.3 is 9.47 Å². The van der Waals surface area contributed by atoms with Gasteiger partial charge in [0.2, 0.25) is 0 Å². The molecule has 8 nitrogen and oxygen atoms in total. The van der Waals surface area contributed by atoms with E-state index in [9.17, 15) is 13.2 Å². The van der Waals surface area contributed by atoms with Gasteiger partial charge in [-0.1, -0.05) is 59.8 Å². The first-order valence-electron chi connectivity index (χ1n) is 13.4. The predicted molar refractivity (Wildman–Crippen MR) is 151 cm³/mol. The zero-order valence-corrected chi connectivity index (χ0v) is 24.8. The van der Waals surface area contributed by atoms with Gasteiger partial charge in [0.05, 0.1) is 6.61 Å². The van der Waals surface area contributed by atoms with E-state index in [4.69, 9.17) is 13.7 Å². The second kappa shape index (κ2) is 13.8. The molecule has 6 atom stereocenters. The summed E-state index contributed by atoms with van der Waals surface area (Å²) < 4.78 is 43.7. The predicted octanol–water partition coefficient (Wildman–Crippen LogP) is 5.47. The van der Waals surface area contributed by atoms with Gasteiger partial charge in [0.15, 0.2) is 0 Å². The minimum absolute atomic E-state index is 0.00192. The Bertz CT molecular complexity index is 1160. The van der Waals surface area contributed by atoms with Gasteiger partial charge in [-0.2, -0.15) is 8.42 Å². The quantitative estimate of drug-likeness (QED) is 0.171. The van der Waals surface area contributed by atoms with Crippen LogP contribution in [0.1, 0.15) is 65.4 Å². The van der Waals surface area contributed by atoms with E-state index in [0.717, 1.165) is 34.4 Å². The topological polar surface area (TPSA) is 96.7 Å². The number of hydrogen-bond acceptors (Lipinski definition) is 7. The Balaban J connectivity index is 1.83. The average Bonchev–Trinajstić information content (AvgIpc) is 3.59. The summed E-state index contributed by atoms with van der Waals surface area (Å²) >= 11 is 0. The maximum Gasteiger partial charge on any atom is 0.367 e. The van der Waals surface area contributed by atoms with Crippen LogP contribution in [0.4, 0.5) is 0 Å². The zero-order chi connectivity index (χ0) is 27.8. The van der Waals surface area contributed by atoms with Gasteiger partial charge in [-0.15, -0.1) is 0 Å². The molecule has 0 aliphatic heterocycles. The molecule has 1 aliphatic carbocycles. The SMILES string of the molecule is CCOC(P)(CC)C(OC(=O)/C=C(\C)c1ccccc1)C1C(CC)CCC1CCOS(=O)(=O)n1ccnc1. The Morgan fingerprint density at radius 1 is 1.21 bits per heavy atom. The third-order valence-electron chi connectivity index (χ3n) is 7.58. The summed E-state index contributed by atoms with van der Waals surface area (Å²) in [5.41, 5.74) is 1.78. The molecular formula is C28H41N2O6PS. The lowest BCUT2D eigenvalue weighted by atomic mass is 9.79. The van der Waals surface area contributed by atoms with Crippen LogP contribution in [-0.4, -0.2) is 48.0 Å². The number of ether oxygens (including phenoxy) is 2. The zero-order valence-electron chi connectivity index (χ0n) is 22.8. The van der Waals surface area contributed by atoms with Crippen molar-refractivity contribution in [3.8, 4) is 0 Å². The minimum atomic E-state index is -3.93. The van der Waals surface area contributed by atoms with E-state index in [-0.39, 0.29) is 18.4 Å². The van der Waals surface area contributed by atoms with Gasteiger partial charge >= 0.3 is 16.3 Å². The molecule has 10 heteroatoms. The highest BCUT2D eigenvalue weighted by Gasteiger charge is 2.49. The lowest BCUT2D eigenvalue weighted by molar-refractivity contribution is -0.166. The first kappa shape index (κ1) is 30.5. The normalized spacial score (nSPS) is 22.7. The number of rotatable bonds is 14. The molecule has 0 radical (unpaired) electrons. The highest BCUT2D eigenvalue weighted by molar-refractivity contribution is 7.85. The minimum Gasteiger partial charge on any atom is -0.455 e. The third-order valence-corrected chi connectivity index (χ3v) is 9.68. The van der Waals surface area contributed by atoms with Crippen LogP contribution in [0.5, 0.6) is 0 Å². The Labute approximate surface area is 229 Å². The molecular weight excluding hydrogens is 523 g/mol. The second-order valence-electron chi connectivity index (χ2n) is 9.84. The molecule has 0 saturated heterocycles. The Morgan fingerprint density at radius 3 is 2.53 bits per heavy atom. The van der Waals surface area contributed by atoms with Crippen molar-refractivity contribution in [2.75, 3.05) is 13.2 Å². The first-order chi connectivity index (χ1) is 18.1. The summed E-state index contributed by atoms with van der Waals surface area (Å²) in [4.78, 5) is 17.0. The number of carbonyl (C=O) groups excluding carboxylic acids is 1. The fourth-order valence-electron chi connectivity index (χ4n) is 5.53. The fourth-order valence-corrected chi connectivity index (χ4v) is 6.79. The molecule has 3 rings (SSSR count). The van der Waals surface area contributed by atoms with E-state index in [2.05, 4.69) is 21.1 Å². The molecule has 210 valence electrons. The van der Waals surface area contributed by atoms with Crippen molar-refractivity contribution in [1.29, 1.82) is 0 Å². The van der Waals surface area contributed by atoms with Gasteiger partial charge in [0.25, 0.3) is 0 Å². The molecule has 1 aromatic carbocycles. The summed E-state index contributed by atoms with van der Waals surface area (Å²) in [5, 5.41) is -0.761. The molecule has 6 unspecified atom stereocenters. The Kier molecular flexibility index (Phi) is 11.1. The van der Waals surface area contributed by atoms with Gasteiger partial charge in [-0.3, -0.25) is 4.18 Å². The third kappa shape index (κ3) is 7.53. The number of allylic oxidation sites excluding steroid dienone is 1. The maximum atomic E-state index is 13.3. The van der Waals surface area contributed by atoms with E-state index >= 15 is 0 Å². The van der Waals surface area contributed by atoms with Crippen LogP contribution in [0.15, 0.2) is 55.1 Å². The molecule has 1 fully saturated rings. The van der Waals surface area contributed by atoms with Crippen molar-refractivity contribution < 1.29 is 26.9 Å². The van der Waals surface area contributed by atoms with Crippen LogP contribution >= 0.6 is 9.24 Å². The molecule has 0 amide bonds. The first-order valence-corrected chi connectivity index (χ1v) is 15.3. The number of aromatic nitrogens is 2. The van der Waals surface area contributed by atoms with Crippen LogP contribution in [-0.2, 0) is 28.8 Å². The Hall–Kier alpha value is -2.06. The van der Waals surface area contributed by atoms with Crippen LogP contribution in [0, 0.1) is 17.8 Å². The van der Waals surface area contributed by atoms with Crippen molar-refractivity contribution >= 4 is 31.1 Å². The molecule has 0 N–H and O–H groups in total. The van der Waals surface area contributed by atoms with Crippen molar-refractivity contribution in [2.24, 2.45) is 17.8 Å². The summed E-state index contributed by atoms with van der Waals surface area (Å²) in [7, 11) is -1.12. The monoisotopic (exact) mass is 564 g/mol. The molecule has 1 aliphatic rings. The number of imidazole rings is 1. The number of nitrogens with zero attached hydrogens (tertiary/aromatic N) is 2. The molecule has 38 heavy (non-hydrogen) atoms. The van der Waals surface area contributed by atoms with E-state index in [1.165, 1.54) is 18.7 Å². The fraction of sp³-hybridized carbons (Fsp3) is 0.571. The number of carbonyl (C=O) groups is 1. The number of benzene rings is 1. The molecule has 0 bridgehead atoms. The summed E-state index contributed by atoms with van der Waals surface area (Å²) in [6.45, 7) is 8.52. The average molecular weight is 565 g/mol. The summed E-state index contributed by atoms with van der Waals surface area (Å²) in [6.07, 6.45) is 8.93. The highest BCUT2D eigenvalue weighted by atomic mass is 32.2. The van der Waals surface area contributed by atoms with Crippen molar-refractivity contribution in [2.45, 2.75) is 71.2 Å². The molecule has 0 spiro atoms. The van der Waals surface area contributed by atoms with E-state index in [1.807, 2.05) is 51.1 Å². The lowest BCUT2D eigenvalue weighted by Crippen LogP contribution is -2.49. The van der Waals surface area contributed by atoms with Crippen LogP contribution in [0.2, 0.25) is 0 Å². The number of hydrogen-bond donors (Lipinski definition) is 0. The number of esters is 1. The van der Waals surface area contributed by atoms with Crippen molar-refractivity contribution in [1.82, 2.24) is 8.96 Å². The maximum absolute atomic E-state index is 13.3. The molecule has 1 heterocycles. The smallest absolute Gasteiger partial charge is 0.367 e. The van der Waals surface area contributed by atoms with Crippen LogP contribution in [0.3, 0.4) is 0 Å². The van der Waals surface area contributed by atoms with Crippen LogP contribution in [0.25, 0.3) is 5.57 Å². The van der Waals surface area contributed by atoms with E-state index < -0.39 is 27.7 Å². The lowest BCUT2D eigenvalue weighted by Gasteiger charge is -2.42. The molecule has 1 aromatic heterocycles. The summed E-state index contributed by atoms with van der Waals surface area (Å²) in [6, 6.07) is 9.73. The van der Waals surface area contributed by atoms with E-state index in [1.54, 1.807) is 6.08 Å². The summed E-state index contributed by atoms with van der Waals surface area (Å²) in [5.74, 6) is 0.0183. The van der Waals surface area contributed by atoms with E-state index in [0.29, 0.717) is 25.4 Å². The van der Waals surface area contributed by atoms with Gasteiger partial charge in [0, 0.05) is 31.0 Å². The van der Waals surface area contributed by atoms with Crippen molar-refractivity contribution in [3.63, 3.8) is 0 Å². The standard InChI is InChI=1S/C28H41N2O6PS/c1-5-22-13-14-24(15-18-35-38(32,33)30-17-16-29-20-30)26(22)27(28(37,6-2)34-7-3)36-25(31)19-21(4)23-11-9-8-10-12-23/h8-12,16-17,19-20,22,24,26-27H,5-7,13-15,18,37H2,1-4H3/b21-19+. The highest BCUT2D eigenvalue weighted by Crippen LogP contribution is 2.49. The largest absolute Gasteiger partial charge is 0.455 e. The van der Waals surface area contributed by atoms with Gasteiger partial charge in [0.1, 0.15) is 17.8 Å². The van der Waals surface area contributed by atoms with Gasteiger partial charge in [-0.25, -0.2) is 13.8 Å². The Morgan fingerprint density at radius 2 is 1.92 bits per heavy atom.